The van der Waals surface area contributed by atoms with Crippen LogP contribution in [0.2, 0.25) is 0 Å². The smallest absolute Gasteiger partial charge is 0.220 e. The lowest BCUT2D eigenvalue weighted by Crippen LogP contribution is -2.27. The third kappa shape index (κ3) is 4.42. The Morgan fingerprint density at radius 1 is 1.42 bits per heavy atom. The van der Waals surface area contributed by atoms with Gasteiger partial charge < -0.3 is 11.1 Å². The molecule has 0 fully saturated rings. The highest BCUT2D eigenvalue weighted by molar-refractivity contribution is 5.76. The summed E-state index contributed by atoms with van der Waals surface area (Å²) in [7, 11) is 0. The Morgan fingerprint density at radius 2 is 2.32 bits per heavy atom. The Labute approximate surface area is 111 Å². The predicted molar refractivity (Wildman–Crippen MR) is 72.2 cm³/mol. The molecular formula is C13H17N5O. The fraction of sp³-hybridized carbons (Fsp3) is 0.308. The van der Waals surface area contributed by atoms with Crippen molar-refractivity contribution in [1.82, 2.24) is 20.3 Å². The average Bonchev–Trinajstić information content (AvgIpc) is 2.90. The molecule has 1 aromatic carbocycles. The van der Waals surface area contributed by atoms with Crippen LogP contribution in [0.4, 0.5) is 5.69 Å². The number of rotatable bonds is 6. The molecule has 0 radical (unpaired) electrons. The van der Waals surface area contributed by atoms with Crippen molar-refractivity contribution < 1.29 is 4.79 Å². The van der Waals surface area contributed by atoms with Gasteiger partial charge in [-0.2, -0.15) is 0 Å². The highest BCUT2D eigenvalue weighted by Crippen LogP contribution is 2.08. The topological polar surface area (TPSA) is 85.8 Å². The van der Waals surface area contributed by atoms with Crippen LogP contribution in [-0.2, 0) is 17.8 Å². The first-order valence-electron chi connectivity index (χ1n) is 6.19. The Balaban J connectivity index is 1.67. The van der Waals surface area contributed by atoms with Gasteiger partial charge in [0, 0.05) is 24.8 Å². The molecule has 0 saturated carbocycles. The van der Waals surface area contributed by atoms with E-state index in [1.165, 1.54) is 0 Å². The van der Waals surface area contributed by atoms with E-state index in [0.29, 0.717) is 25.9 Å². The van der Waals surface area contributed by atoms with Gasteiger partial charge >= 0.3 is 0 Å². The van der Waals surface area contributed by atoms with Crippen molar-refractivity contribution in [1.29, 1.82) is 0 Å². The molecule has 0 atom stereocenters. The number of nitrogens with one attached hydrogen (secondary N) is 1. The van der Waals surface area contributed by atoms with Crippen LogP contribution in [0.15, 0.2) is 36.7 Å². The summed E-state index contributed by atoms with van der Waals surface area (Å²) in [5.74, 6) is 0.0301. The number of hydrogen-bond donors (Lipinski definition) is 2. The van der Waals surface area contributed by atoms with Gasteiger partial charge in [0.1, 0.15) is 0 Å². The largest absolute Gasteiger partial charge is 0.399 e. The van der Waals surface area contributed by atoms with E-state index in [9.17, 15) is 4.79 Å². The number of carbonyl (C=O) groups excluding carboxylic acids is 1. The molecule has 0 bridgehead atoms. The molecule has 6 nitrogen and oxygen atoms in total. The van der Waals surface area contributed by atoms with Gasteiger partial charge in [0.2, 0.25) is 5.91 Å². The van der Waals surface area contributed by atoms with Crippen LogP contribution < -0.4 is 11.1 Å². The number of aryl methyl sites for hydroxylation is 1. The number of anilines is 1. The summed E-state index contributed by atoms with van der Waals surface area (Å²) in [5, 5.41) is 10.4. The molecule has 0 aliphatic rings. The number of nitrogen functional groups attached to an aromatic ring is 1. The fourth-order valence-electron chi connectivity index (χ4n) is 1.76. The second kappa shape index (κ2) is 6.53. The predicted octanol–water partition coefficient (Wildman–Crippen LogP) is 0.609. The lowest BCUT2D eigenvalue weighted by atomic mass is 10.1. The molecule has 0 aliphatic carbocycles. The summed E-state index contributed by atoms with van der Waals surface area (Å²) >= 11 is 0. The first-order valence-corrected chi connectivity index (χ1v) is 6.19. The number of amides is 1. The minimum atomic E-state index is 0.0301. The van der Waals surface area contributed by atoms with Gasteiger partial charge in [-0.05, 0) is 24.1 Å². The van der Waals surface area contributed by atoms with Gasteiger partial charge in [-0.3, -0.25) is 9.48 Å². The number of nitrogens with zero attached hydrogens (tertiary/aromatic N) is 3. The first-order chi connectivity index (χ1) is 9.24. The van der Waals surface area contributed by atoms with Crippen LogP contribution in [0, 0.1) is 0 Å². The van der Waals surface area contributed by atoms with Gasteiger partial charge in [0.15, 0.2) is 0 Å². The Kier molecular flexibility index (Phi) is 4.49. The normalized spacial score (nSPS) is 10.3. The average molecular weight is 259 g/mol. The Bertz CT molecular complexity index is 524. The molecule has 1 heterocycles. The molecule has 0 aliphatic heterocycles. The first kappa shape index (κ1) is 13.1. The van der Waals surface area contributed by atoms with Crippen molar-refractivity contribution in [3.63, 3.8) is 0 Å². The van der Waals surface area contributed by atoms with E-state index in [1.807, 2.05) is 24.3 Å². The zero-order valence-corrected chi connectivity index (χ0v) is 10.6. The standard InChI is InChI=1S/C13H17N5O/c14-12-3-1-2-11(10-12)4-5-13(19)15-6-8-18-9-7-16-17-18/h1-3,7,9-10H,4-6,8,14H2,(H,15,19). The van der Waals surface area contributed by atoms with Gasteiger partial charge in [0.25, 0.3) is 0 Å². The van der Waals surface area contributed by atoms with Crippen molar-refractivity contribution in [3.8, 4) is 0 Å². The number of hydrogen-bond acceptors (Lipinski definition) is 4. The molecule has 19 heavy (non-hydrogen) atoms. The number of nitrogens with two attached hydrogens (primary N) is 1. The lowest BCUT2D eigenvalue weighted by molar-refractivity contribution is -0.121. The van der Waals surface area contributed by atoms with Crippen molar-refractivity contribution in [2.24, 2.45) is 0 Å². The van der Waals surface area contributed by atoms with Crippen molar-refractivity contribution in [2.45, 2.75) is 19.4 Å². The maximum atomic E-state index is 11.6. The molecule has 2 aromatic rings. The third-order valence-corrected chi connectivity index (χ3v) is 2.73. The van der Waals surface area contributed by atoms with E-state index in [0.717, 1.165) is 11.3 Å². The van der Waals surface area contributed by atoms with Crippen LogP contribution in [0.3, 0.4) is 0 Å². The lowest BCUT2D eigenvalue weighted by Gasteiger charge is -2.05. The van der Waals surface area contributed by atoms with E-state index in [4.69, 9.17) is 5.73 Å². The van der Waals surface area contributed by atoms with E-state index < -0.39 is 0 Å². The third-order valence-electron chi connectivity index (χ3n) is 2.73. The summed E-state index contributed by atoms with van der Waals surface area (Å²) in [6, 6.07) is 7.59. The van der Waals surface area contributed by atoms with E-state index in [2.05, 4.69) is 15.6 Å². The molecule has 0 saturated heterocycles. The monoisotopic (exact) mass is 259 g/mol. The molecule has 1 aromatic heterocycles. The molecule has 0 unspecified atom stereocenters. The summed E-state index contributed by atoms with van der Waals surface area (Å²) < 4.78 is 1.68. The molecular weight excluding hydrogens is 242 g/mol. The van der Waals surface area contributed by atoms with E-state index in [1.54, 1.807) is 17.1 Å². The van der Waals surface area contributed by atoms with E-state index >= 15 is 0 Å². The number of aromatic nitrogens is 3. The number of benzene rings is 1. The molecule has 2 rings (SSSR count). The van der Waals surface area contributed by atoms with Crippen LogP contribution in [0.25, 0.3) is 0 Å². The SMILES string of the molecule is Nc1cccc(CCC(=O)NCCn2ccnn2)c1. The molecule has 6 heteroatoms. The van der Waals surface area contributed by atoms with Crippen molar-refractivity contribution >= 4 is 11.6 Å². The van der Waals surface area contributed by atoms with Gasteiger partial charge in [-0.1, -0.05) is 17.3 Å². The second-order valence-electron chi connectivity index (χ2n) is 4.26. The molecule has 100 valence electrons. The maximum Gasteiger partial charge on any atom is 0.220 e. The second-order valence-corrected chi connectivity index (χ2v) is 4.26. The molecule has 0 spiro atoms. The fourth-order valence-corrected chi connectivity index (χ4v) is 1.76. The van der Waals surface area contributed by atoms with Crippen LogP contribution in [0.5, 0.6) is 0 Å². The number of carbonyl (C=O) groups is 1. The quantitative estimate of drug-likeness (QED) is 0.744. The highest BCUT2D eigenvalue weighted by Gasteiger charge is 2.02. The summed E-state index contributed by atoms with van der Waals surface area (Å²) in [5.41, 5.74) is 7.48. The zero-order chi connectivity index (χ0) is 13.5. The van der Waals surface area contributed by atoms with Crippen LogP contribution in [-0.4, -0.2) is 27.4 Å². The minimum absolute atomic E-state index is 0.0301. The summed E-state index contributed by atoms with van der Waals surface area (Å²) in [6.07, 6.45) is 4.53. The minimum Gasteiger partial charge on any atom is -0.399 e. The Hall–Kier alpha value is -2.37. The van der Waals surface area contributed by atoms with Crippen molar-refractivity contribution in [2.75, 3.05) is 12.3 Å². The van der Waals surface area contributed by atoms with Crippen LogP contribution in [0.1, 0.15) is 12.0 Å². The van der Waals surface area contributed by atoms with Gasteiger partial charge in [0.05, 0.1) is 12.7 Å². The van der Waals surface area contributed by atoms with Gasteiger partial charge in [-0.15, -0.1) is 5.10 Å². The highest BCUT2D eigenvalue weighted by atomic mass is 16.1. The summed E-state index contributed by atoms with van der Waals surface area (Å²) in [4.78, 5) is 11.6. The molecule has 3 N–H and O–H groups in total. The molecule has 1 amide bonds. The van der Waals surface area contributed by atoms with Gasteiger partial charge in [-0.25, -0.2) is 0 Å². The summed E-state index contributed by atoms with van der Waals surface area (Å²) in [6.45, 7) is 1.18. The van der Waals surface area contributed by atoms with Crippen molar-refractivity contribution in [3.05, 3.63) is 42.2 Å². The van der Waals surface area contributed by atoms with Crippen LogP contribution >= 0.6 is 0 Å². The maximum absolute atomic E-state index is 11.6. The zero-order valence-electron chi connectivity index (χ0n) is 10.6. The van der Waals surface area contributed by atoms with E-state index in [-0.39, 0.29) is 5.91 Å². The Morgan fingerprint density at radius 3 is 3.05 bits per heavy atom.